The van der Waals surface area contributed by atoms with Crippen molar-refractivity contribution in [3.63, 3.8) is 0 Å². The maximum absolute atomic E-state index is 14.0. The highest BCUT2D eigenvalue weighted by molar-refractivity contribution is 7.92. The normalized spacial score (nSPS) is 22.8. The van der Waals surface area contributed by atoms with Gasteiger partial charge in [-0.05, 0) is 74.9 Å². The lowest BCUT2D eigenvalue weighted by atomic mass is 9.89. The van der Waals surface area contributed by atoms with E-state index in [1.54, 1.807) is 57.2 Å². The second-order valence-corrected chi connectivity index (χ2v) is 14.7. The molecule has 8 nitrogen and oxygen atoms in total. The number of sulfone groups is 1. The fourth-order valence-electron chi connectivity index (χ4n) is 4.88. The van der Waals surface area contributed by atoms with Crippen LogP contribution in [0.2, 0.25) is 10.0 Å². The highest BCUT2D eigenvalue weighted by atomic mass is 35.5. The quantitative estimate of drug-likeness (QED) is 0.438. The number of nitriles is 1. The van der Waals surface area contributed by atoms with Crippen LogP contribution in [0.4, 0.5) is 0 Å². The van der Waals surface area contributed by atoms with Crippen molar-refractivity contribution in [1.29, 1.82) is 5.26 Å². The van der Waals surface area contributed by atoms with Gasteiger partial charge in [-0.25, -0.2) is 8.42 Å². The summed E-state index contributed by atoms with van der Waals surface area (Å²) in [4.78, 5) is 27.3. The summed E-state index contributed by atoms with van der Waals surface area (Å²) in [6.45, 7) is 4.87. The van der Waals surface area contributed by atoms with Gasteiger partial charge in [-0.3, -0.25) is 9.59 Å². The van der Waals surface area contributed by atoms with Gasteiger partial charge < -0.3 is 14.7 Å². The number of ether oxygens (including phenoxy) is 1. The molecule has 0 aromatic heterocycles. The number of hydrogen-bond acceptors (Lipinski definition) is 6. The molecular weight excluding hydrogens is 563 g/mol. The molecule has 2 aromatic carbocycles. The van der Waals surface area contributed by atoms with E-state index in [1.807, 2.05) is 6.07 Å². The van der Waals surface area contributed by atoms with Crippen LogP contribution in [-0.2, 0) is 24.2 Å². The van der Waals surface area contributed by atoms with Crippen molar-refractivity contribution in [1.82, 2.24) is 4.90 Å². The first kappa shape index (κ1) is 29.3. The van der Waals surface area contributed by atoms with E-state index >= 15 is 0 Å². The fraction of sp³-hybridized carbons (Fsp3) is 0.464. The molecular formula is C28H30Cl2N2O6S. The van der Waals surface area contributed by atoms with Gasteiger partial charge in [-0.1, -0.05) is 41.4 Å². The Bertz CT molecular complexity index is 1410. The van der Waals surface area contributed by atoms with E-state index < -0.39 is 57.2 Å². The third kappa shape index (κ3) is 6.25. The number of carbonyl (C=O) groups is 2. The molecule has 11 heteroatoms. The number of carboxylic acid groups (broad SMARTS) is 1. The zero-order chi connectivity index (χ0) is 28.7. The monoisotopic (exact) mass is 592 g/mol. The zero-order valence-electron chi connectivity index (χ0n) is 21.8. The lowest BCUT2D eigenvalue weighted by Crippen LogP contribution is -2.58. The van der Waals surface area contributed by atoms with E-state index in [0.29, 0.717) is 16.1 Å². The summed E-state index contributed by atoms with van der Waals surface area (Å²) in [7, 11) is -3.65. The number of nitrogens with zero attached hydrogens (tertiary/aromatic N) is 2. The summed E-state index contributed by atoms with van der Waals surface area (Å²) >= 11 is 12.5. The molecule has 2 fully saturated rings. The maximum Gasteiger partial charge on any atom is 0.306 e. The summed E-state index contributed by atoms with van der Waals surface area (Å²) in [5, 5.41) is 19.6. The van der Waals surface area contributed by atoms with Crippen LogP contribution in [0.3, 0.4) is 0 Å². The molecule has 1 heterocycles. The highest BCUT2D eigenvalue weighted by Gasteiger charge is 2.52. The van der Waals surface area contributed by atoms with Crippen molar-refractivity contribution in [2.24, 2.45) is 5.92 Å². The number of aliphatic carboxylic acids is 1. The van der Waals surface area contributed by atoms with Crippen molar-refractivity contribution < 1.29 is 27.9 Å². The SMILES string of the molecule is CC(C)(C)S(=O)(=O)C[C@H](C1CC1)N1C(=O)[C@H](CC(=O)O)O[C@H](c2ccc(C#N)c(Cl)c2)[C@H]1c1ccc(Cl)cc1. The van der Waals surface area contributed by atoms with Crippen molar-refractivity contribution in [3.05, 3.63) is 69.2 Å². The van der Waals surface area contributed by atoms with E-state index in [9.17, 15) is 28.4 Å². The Hall–Kier alpha value is -2.64. The van der Waals surface area contributed by atoms with Crippen LogP contribution in [0.5, 0.6) is 0 Å². The van der Waals surface area contributed by atoms with Crippen LogP contribution in [0.25, 0.3) is 0 Å². The summed E-state index contributed by atoms with van der Waals surface area (Å²) in [5.41, 5.74) is 1.42. The third-order valence-electron chi connectivity index (χ3n) is 7.29. The minimum atomic E-state index is -3.65. The van der Waals surface area contributed by atoms with Gasteiger partial charge in [0.25, 0.3) is 5.91 Å². The minimum absolute atomic E-state index is 0.0605. The number of hydrogen-bond donors (Lipinski definition) is 1. The molecule has 1 saturated heterocycles. The van der Waals surface area contributed by atoms with Gasteiger partial charge in [0.15, 0.2) is 9.84 Å². The zero-order valence-corrected chi connectivity index (χ0v) is 24.1. The van der Waals surface area contributed by atoms with Crippen LogP contribution in [0.1, 0.15) is 68.9 Å². The topological polar surface area (TPSA) is 125 Å². The highest BCUT2D eigenvalue weighted by Crippen LogP contribution is 2.48. The molecule has 39 heavy (non-hydrogen) atoms. The maximum atomic E-state index is 14.0. The Morgan fingerprint density at radius 3 is 2.28 bits per heavy atom. The molecule has 0 bridgehead atoms. The average Bonchev–Trinajstić information content (AvgIpc) is 3.69. The molecule has 1 aliphatic heterocycles. The standard InChI is InChI=1S/C28H30Cl2N2O6S/c1-28(2,3)39(36,37)15-22(16-4-5-16)32-25(17-8-10-20(29)11-9-17)26(38-23(27(32)35)13-24(33)34)18-6-7-19(14-31)21(30)12-18/h6-12,16,22-23,25-26H,4-5,13,15H2,1-3H3,(H,33,34)/t22-,23+,25-,26-/m1/s1. The first-order chi connectivity index (χ1) is 18.2. The Morgan fingerprint density at radius 1 is 1.15 bits per heavy atom. The largest absolute Gasteiger partial charge is 0.481 e. The van der Waals surface area contributed by atoms with Crippen LogP contribution < -0.4 is 0 Å². The third-order valence-corrected chi connectivity index (χ3v) is 10.5. The summed E-state index contributed by atoms with van der Waals surface area (Å²) < 4.78 is 32.0. The first-order valence-corrected chi connectivity index (χ1v) is 15.0. The second kappa shape index (κ2) is 11.1. The molecule has 4 rings (SSSR count). The average molecular weight is 594 g/mol. The first-order valence-electron chi connectivity index (χ1n) is 12.6. The number of morpholine rings is 1. The van der Waals surface area contributed by atoms with Crippen LogP contribution in [0.15, 0.2) is 42.5 Å². The number of carbonyl (C=O) groups excluding carboxylic acids is 1. The molecule has 208 valence electrons. The van der Waals surface area contributed by atoms with Gasteiger partial charge >= 0.3 is 5.97 Å². The van der Waals surface area contributed by atoms with Crippen molar-refractivity contribution in [3.8, 4) is 6.07 Å². The lowest BCUT2D eigenvalue weighted by molar-refractivity contribution is -0.183. The number of benzene rings is 2. The molecule has 1 N–H and O–H groups in total. The Morgan fingerprint density at radius 2 is 1.77 bits per heavy atom. The lowest BCUT2D eigenvalue weighted by Gasteiger charge is -2.48. The fourth-order valence-corrected chi connectivity index (χ4v) is 6.62. The van der Waals surface area contributed by atoms with Crippen molar-refractivity contribution in [2.75, 3.05) is 5.75 Å². The van der Waals surface area contributed by atoms with E-state index in [0.717, 1.165) is 12.8 Å². The molecule has 0 spiro atoms. The summed E-state index contributed by atoms with van der Waals surface area (Å²) in [6, 6.07) is 12.1. The van der Waals surface area contributed by atoms with Gasteiger partial charge in [0, 0.05) is 11.1 Å². The summed E-state index contributed by atoms with van der Waals surface area (Å²) in [5.74, 6) is -2.12. The summed E-state index contributed by atoms with van der Waals surface area (Å²) in [6.07, 6.45) is -1.33. The van der Waals surface area contributed by atoms with Crippen LogP contribution >= 0.6 is 23.2 Å². The smallest absolute Gasteiger partial charge is 0.306 e. The van der Waals surface area contributed by atoms with E-state index in [-0.39, 0.29) is 22.3 Å². The second-order valence-electron chi connectivity index (χ2n) is 11.0. The van der Waals surface area contributed by atoms with Crippen LogP contribution in [0, 0.1) is 17.2 Å². The minimum Gasteiger partial charge on any atom is -0.481 e. The number of rotatable bonds is 8. The van der Waals surface area contributed by atoms with Gasteiger partial charge in [-0.2, -0.15) is 5.26 Å². The molecule has 1 aliphatic carbocycles. The molecule has 4 atom stereocenters. The predicted octanol–water partition coefficient (Wildman–Crippen LogP) is 5.34. The molecule has 2 aromatic rings. The Labute approximate surface area is 238 Å². The van der Waals surface area contributed by atoms with Gasteiger partial charge in [0.2, 0.25) is 0 Å². The van der Waals surface area contributed by atoms with E-state index in [4.69, 9.17) is 27.9 Å². The molecule has 1 saturated carbocycles. The van der Waals surface area contributed by atoms with Crippen molar-refractivity contribution in [2.45, 2.75) is 69.1 Å². The number of amides is 1. The van der Waals surface area contributed by atoms with Gasteiger partial charge in [0.1, 0.15) is 18.3 Å². The van der Waals surface area contributed by atoms with Gasteiger partial charge in [-0.15, -0.1) is 0 Å². The predicted molar refractivity (Wildman–Crippen MR) is 147 cm³/mol. The molecule has 0 radical (unpaired) electrons. The Kier molecular flexibility index (Phi) is 8.34. The van der Waals surface area contributed by atoms with E-state index in [2.05, 4.69) is 0 Å². The van der Waals surface area contributed by atoms with E-state index in [1.165, 1.54) is 11.0 Å². The molecule has 2 aliphatic rings. The van der Waals surface area contributed by atoms with Gasteiger partial charge in [0.05, 0.1) is 33.5 Å². The number of carboxylic acids is 1. The number of halogens is 2. The molecule has 0 unspecified atom stereocenters. The van der Waals surface area contributed by atoms with Crippen LogP contribution in [-0.4, -0.2) is 52.9 Å². The Balaban J connectivity index is 1.91. The van der Waals surface area contributed by atoms with Crippen molar-refractivity contribution >= 4 is 44.9 Å². The molecule has 1 amide bonds.